The summed E-state index contributed by atoms with van der Waals surface area (Å²) in [5.41, 5.74) is 6.34. The van der Waals surface area contributed by atoms with Gasteiger partial charge in [-0.1, -0.05) is 24.4 Å². The highest BCUT2D eigenvalue weighted by Gasteiger charge is 2.12. The Labute approximate surface area is 125 Å². The van der Waals surface area contributed by atoms with Gasteiger partial charge in [-0.3, -0.25) is 4.79 Å². The summed E-state index contributed by atoms with van der Waals surface area (Å²) in [5.74, 6) is 0.237. The highest BCUT2D eigenvalue weighted by molar-refractivity contribution is 7.80. The van der Waals surface area contributed by atoms with Gasteiger partial charge in [-0.25, -0.2) is 4.98 Å². The number of thiocarbonyl (C=S) groups is 1. The zero-order valence-electron chi connectivity index (χ0n) is 10.8. The second kappa shape index (κ2) is 6.44. The number of carbonyl (C=O) groups excluding carboxylic acids is 1. The van der Waals surface area contributed by atoms with Crippen LogP contribution in [0.2, 0.25) is 0 Å². The first kappa shape index (κ1) is 14.4. The molecule has 0 atom stereocenters. The molecule has 0 aliphatic heterocycles. The zero-order valence-corrected chi connectivity index (χ0v) is 12.4. The lowest BCUT2D eigenvalue weighted by Gasteiger charge is -2.11. The number of anilines is 1. The molecule has 0 bridgehead atoms. The van der Waals surface area contributed by atoms with Crippen molar-refractivity contribution in [1.29, 1.82) is 0 Å². The van der Waals surface area contributed by atoms with Crippen molar-refractivity contribution in [2.45, 2.75) is 6.92 Å². The minimum Gasteiger partial charge on any atom is -0.484 e. The molecule has 1 amide bonds. The maximum atomic E-state index is 12.0. The number of amides is 1. The number of thiazole rings is 1. The molecule has 104 valence electrons. The maximum Gasteiger partial charge on any atom is 0.275 e. The first-order valence-electron chi connectivity index (χ1n) is 5.80. The quantitative estimate of drug-likeness (QED) is 0.829. The third-order valence-corrected chi connectivity index (χ3v) is 3.25. The van der Waals surface area contributed by atoms with Crippen LogP contribution in [-0.2, 0) is 0 Å². The smallest absolute Gasteiger partial charge is 0.275 e. The van der Waals surface area contributed by atoms with E-state index in [4.69, 9.17) is 22.7 Å². The van der Waals surface area contributed by atoms with Crippen molar-refractivity contribution in [2.24, 2.45) is 5.73 Å². The lowest BCUT2D eigenvalue weighted by atomic mass is 10.3. The average molecular weight is 307 g/mol. The SMILES string of the molecule is Cc1nc(C(=O)Nc2ccccc2OCC(N)=S)cs1. The fourth-order valence-electron chi connectivity index (χ4n) is 1.50. The summed E-state index contributed by atoms with van der Waals surface area (Å²) in [5, 5.41) is 5.31. The van der Waals surface area contributed by atoms with Crippen molar-refractivity contribution in [1.82, 2.24) is 4.98 Å². The van der Waals surface area contributed by atoms with Crippen molar-refractivity contribution in [3.8, 4) is 5.75 Å². The predicted octanol–water partition coefficient (Wildman–Crippen LogP) is 2.37. The number of nitrogens with one attached hydrogen (secondary N) is 1. The summed E-state index contributed by atoms with van der Waals surface area (Å²) >= 11 is 6.19. The molecule has 0 aliphatic rings. The standard InChI is InChI=1S/C13H13N3O2S2/c1-8-15-10(7-20-8)13(17)16-9-4-2-3-5-11(9)18-6-12(14)19/h2-5,7H,6H2,1H3,(H2,14,19)(H,16,17). The molecule has 3 N–H and O–H groups in total. The minimum absolute atomic E-state index is 0.123. The molecule has 0 unspecified atom stereocenters. The molecule has 2 aromatic rings. The number of ether oxygens (including phenoxy) is 1. The zero-order chi connectivity index (χ0) is 14.5. The second-order valence-corrected chi connectivity index (χ2v) is 5.54. The average Bonchev–Trinajstić information content (AvgIpc) is 2.84. The number of rotatable bonds is 5. The number of hydrogen-bond donors (Lipinski definition) is 2. The lowest BCUT2D eigenvalue weighted by Crippen LogP contribution is -2.19. The Kier molecular flexibility index (Phi) is 4.65. The topological polar surface area (TPSA) is 77.2 Å². The minimum atomic E-state index is -0.277. The van der Waals surface area contributed by atoms with E-state index in [9.17, 15) is 4.79 Å². The highest BCUT2D eigenvalue weighted by Crippen LogP contribution is 2.24. The summed E-state index contributed by atoms with van der Waals surface area (Å²) in [6, 6.07) is 7.08. The van der Waals surface area contributed by atoms with Crippen molar-refractivity contribution < 1.29 is 9.53 Å². The Morgan fingerprint density at radius 3 is 2.90 bits per heavy atom. The van der Waals surface area contributed by atoms with Gasteiger partial charge >= 0.3 is 0 Å². The van der Waals surface area contributed by atoms with Crippen LogP contribution in [0, 0.1) is 6.92 Å². The van der Waals surface area contributed by atoms with Crippen LogP contribution in [0.25, 0.3) is 0 Å². The van der Waals surface area contributed by atoms with Gasteiger partial charge in [0.1, 0.15) is 23.0 Å². The fraction of sp³-hybridized carbons (Fsp3) is 0.154. The van der Waals surface area contributed by atoms with Gasteiger partial charge in [0, 0.05) is 5.38 Å². The van der Waals surface area contributed by atoms with E-state index in [2.05, 4.69) is 10.3 Å². The molecular formula is C13H13N3O2S2. The largest absolute Gasteiger partial charge is 0.484 e. The summed E-state index contributed by atoms with van der Waals surface area (Å²) in [6.07, 6.45) is 0. The van der Waals surface area contributed by atoms with Crippen LogP contribution < -0.4 is 15.8 Å². The van der Waals surface area contributed by atoms with Crippen LogP contribution in [0.5, 0.6) is 5.75 Å². The van der Waals surface area contributed by atoms with Gasteiger partial charge in [-0.2, -0.15) is 0 Å². The lowest BCUT2D eigenvalue weighted by molar-refractivity contribution is 0.102. The van der Waals surface area contributed by atoms with Crippen molar-refractivity contribution >= 4 is 40.1 Å². The van der Waals surface area contributed by atoms with Crippen LogP contribution in [-0.4, -0.2) is 22.5 Å². The van der Waals surface area contributed by atoms with E-state index in [1.54, 1.807) is 29.6 Å². The summed E-state index contributed by atoms with van der Waals surface area (Å²) in [6.45, 7) is 1.97. The molecule has 0 fully saturated rings. The Balaban J connectivity index is 2.12. The van der Waals surface area contributed by atoms with E-state index in [0.717, 1.165) is 5.01 Å². The number of aryl methyl sites for hydroxylation is 1. The fourth-order valence-corrected chi connectivity index (χ4v) is 2.15. The molecular weight excluding hydrogens is 294 g/mol. The van der Waals surface area contributed by atoms with E-state index < -0.39 is 0 Å². The van der Waals surface area contributed by atoms with E-state index in [0.29, 0.717) is 17.1 Å². The van der Waals surface area contributed by atoms with E-state index in [1.165, 1.54) is 11.3 Å². The summed E-state index contributed by atoms with van der Waals surface area (Å²) in [4.78, 5) is 16.4. The molecule has 1 aromatic carbocycles. The molecule has 1 heterocycles. The van der Waals surface area contributed by atoms with E-state index >= 15 is 0 Å². The summed E-state index contributed by atoms with van der Waals surface area (Å²) < 4.78 is 5.44. The summed E-state index contributed by atoms with van der Waals surface area (Å²) in [7, 11) is 0. The maximum absolute atomic E-state index is 12.0. The van der Waals surface area contributed by atoms with Gasteiger partial charge in [-0.05, 0) is 19.1 Å². The van der Waals surface area contributed by atoms with Crippen molar-refractivity contribution in [2.75, 3.05) is 11.9 Å². The van der Waals surface area contributed by atoms with Gasteiger partial charge in [0.05, 0.1) is 10.7 Å². The van der Waals surface area contributed by atoms with Crippen molar-refractivity contribution in [3.63, 3.8) is 0 Å². The van der Waals surface area contributed by atoms with Crippen molar-refractivity contribution in [3.05, 3.63) is 40.3 Å². The number of benzene rings is 1. The highest BCUT2D eigenvalue weighted by atomic mass is 32.1. The van der Waals surface area contributed by atoms with Gasteiger partial charge in [0.15, 0.2) is 0 Å². The van der Waals surface area contributed by atoms with E-state index in [-0.39, 0.29) is 17.5 Å². The molecule has 0 radical (unpaired) electrons. The Morgan fingerprint density at radius 1 is 1.50 bits per heavy atom. The van der Waals surface area contributed by atoms with Crippen LogP contribution in [0.4, 0.5) is 5.69 Å². The number of para-hydroxylation sites is 2. The molecule has 0 spiro atoms. The number of carbonyl (C=O) groups is 1. The van der Waals surface area contributed by atoms with Gasteiger partial charge in [0.2, 0.25) is 0 Å². The Bertz CT molecular complexity index is 640. The van der Waals surface area contributed by atoms with Crippen LogP contribution in [0.3, 0.4) is 0 Å². The molecule has 1 aromatic heterocycles. The number of nitrogens with zero attached hydrogens (tertiary/aromatic N) is 1. The third kappa shape index (κ3) is 3.75. The Morgan fingerprint density at radius 2 is 2.25 bits per heavy atom. The van der Waals surface area contributed by atoms with E-state index in [1.807, 2.05) is 6.92 Å². The number of nitrogens with two attached hydrogens (primary N) is 1. The normalized spacial score (nSPS) is 10.1. The van der Waals surface area contributed by atoms with Gasteiger partial charge in [0.25, 0.3) is 5.91 Å². The molecule has 20 heavy (non-hydrogen) atoms. The molecule has 5 nitrogen and oxygen atoms in total. The predicted molar refractivity (Wildman–Crippen MR) is 83.5 cm³/mol. The van der Waals surface area contributed by atoms with Crippen LogP contribution in [0.1, 0.15) is 15.5 Å². The monoisotopic (exact) mass is 307 g/mol. The van der Waals surface area contributed by atoms with Crippen LogP contribution >= 0.6 is 23.6 Å². The third-order valence-electron chi connectivity index (χ3n) is 2.36. The molecule has 0 saturated carbocycles. The molecule has 2 rings (SSSR count). The van der Waals surface area contributed by atoms with Crippen LogP contribution in [0.15, 0.2) is 29.6 Å². The first-order chi connectivity index (χ1) is 9.56. The molecule has 7 heteroatoms. The Hall–Kier alpha value is -1.99. The molecule has 0 aliphatic carbocycles. The molecule has 0 saturated heterocycles. The van der Waals surface area contributed by atoms with Gasteiger partial charge in [-0.15, -0.1) is 11.3 Å². The number of hydrogen-bond acceptors (Lipinski definition) is 5. The first-order valence-corrected chi connectivity index (χ1v) is 7.08. The number of aromatic nitrogens is 1. The van der Waals surface area contributed by atoms with Gasteiger partial charge < -0.3 is 15.8 Å². The second-order valence-electron chi connectivity index (χ2n) is 3.96.